The van der Waals surface area contributed by atoms with Crippen molar-refractivity contribution in [3.8, 4) is 0 Å². The van der Waals surface area contributed by atoms with Gasteiger partial charge in [-0.1, -0.05) is 56.5 Å². The highest BCUT2D eigenvalue weighted by atomic mass is 35.5. The average Bonchev–Trinajstić information content (AvgIpc) is 2.46. The molecule has 110 valence electrons. The first-order chi connectivity index (χ1) is 9.69. The summed E-state index contributed by atoms with van der Waals surface area (Å²) in [5.41, 5.74) is 0.883. The lowest BCUT2D eigenvalue weighted by atomic mass is 10.2. The maximum atomic E-state index is 12.2. The summed E-state index contributed by atoms with van der Waals surface area (Å²) in [4.78, 5) is 14.2. The summed E-state index contributed by atoms with van der Waals surface area (Å²) >= 11 is 6.08. The molecule has 0 atom stereocenters. The van der Waals surface area contributed by atoms with E-state index in [1.165, 1.54) is 0 Å². The normalized spacial score (nSPS) is 10.9. The molecule has 1 amide bonds. The zero-order chi connectivity index (χ0) is 14.8. The van der Waals surface area contributed by atoms with Crippen LogP contribution in [0.3, 0.4) is 0 Å². The summed E-state index contributed by atoms with van der Waals surface area (Å²) < 4.78 is 0. The lowest BCUT2D eigenvalue weighted by molar-refractivity contribution is -0.126. The maximum absolute atomic E-state index is 12.2. The largest absolute Gasteiger partial charge is 0.339 e. The third-order valence-corrected chi connectivity index (χ3v) is 3.53. The lowest BCUT2D eigenvalue weighted by Gasteiger charge is -2.20. The van der Waals surface area contributed by atoms with Crippen molar-refractivity contribution in [1.29, 1.82) is 0 Å². The summed E-state index contributed by atoms with van der Waals surface area (Å²) in [6.07, 6.45) is 7.74. The predicted molar refractivity (Wildman–Crippen MR) is 86.9 cm³/mol. The summed E-state index contributed by atoms with van der Waals surface area (Å²) in [7, 11) is 0. The number of amides is 1. The third-order valence-electron chi connectivity index (χ3n) is 3.19. The number of hydrogen-bond acceptors (Lipinski definition) is 1. The molecule has 0 aromatic heterocycles. The Bertz CT molecular complexity index is 434. The van der Waals surface area contributed by atoms with Gasteiger partial charge in [-0.05, 0) is 30.5 Å². The molecule has 0 spiro atoms. The van der Waals surface area contributed by atoms with Crippen LogP contribution in [0.25, 0.3) is 6.08 Å². The molecule has 1 aromatic carbocycles. The number of carbonyl (C=O) groups is 1. The van der Waals surface area contributed by atoms with E-state index in [1.54, 1.807) is 12.2 Å². The highest BCUT2D eigenvalue weighted by Crippen LogP contribution is 2.16. The molecule has 0 N–H and O–H groups in total. The highest BCUT2D eigenvalue weighted by molar-refractivity contribution is 6.32. The van der Waals surface area contributed by atoms with E-state index in [0.29, 0.717) is 5.02 Å². The molecule has 2 nitrogen and oxygen atoms in total. The van der Waals surface area contributed by atoms with Crippen LogP contribution < -0.4 is 0 Å². The first-order valence-corrected chi connectivity index (χ1v) is 7.78. The highest BCUT2D eigenvalue weighted by Gasteiger charge is 2.09. The van der Waals surface area contributed by atoms with Crippen LogP contribution in [0.5, 0.6) is 0 Å². The van der Waals surface area contributed by atoms with Gasteiger partial charge in [-0.25, -0.2) is 0 Å². The molecule has 0 saturated heterocycles. The minimum absolute atomic E-state index is 0.0758. The molecule has 0 radical (unpaired) electrons. The van der Waals surface area contributed by atoms with Gasteiger partial charge in [-0.15, -0.1) is 0 Å². The predicted octanol–water partition coefficient (Wildman–Crippen LogP) is 4.78. The topological polar surface area (TPSA) is 20.3 Å². The second-order valence-corrected chi connectivity index (χ2v) is 5.29. The number of unbranched alkanes of at least 4 members (excludes halogenated alkanes) is 2. The van der Waals surface area contributed by atoms with Gasteiger partial charge in [0.2, 0.25) is 5.91 Å². The van der Waals surface area contributed by atoms with Crippen LogP contribution in [0.15, 0.2) is 30.3 Å². The summed E-state index contributed by atoms with van der Waals surface area (Å²) in [5.74, 6) is 0.0758. The zero-order valence-electron chi connectivity index (χ0n) is 12.4. The standard InChI is InChI=1S/C17H24ClNO/c1-3-5-13-19(14-6-4-2)17(20)12-11-15-9-7-8-10-16(15)18/h7-12H,3-6,13-14H2,1-2H3. The number of halogens is 1. The average molecular weight is 294 g/mol. The van der Waals surface area contributed by atoms with E-state index >= 15 is 0 Å². The molecule has 3 heteroatoms. The Morgan fingerprint density at radius 2 is 1.75 bits per heavy atom. The van der Waals surface area contributed by atoms with Crippen LogP contribution in [-0.2, 0) is 4.79 Å². The van der Waals surface area contributed by atoms with Gasteiger partial charge in [-0.3, -0.25) is 4.79 Å². The molecular formula is C17H24ClNO. The van der Waals surface area contributed by atoms with Gasteiger partial charge in [-0.2, -0.15) is 0 Å². The monoisotopic (exact) mass is 293 g/mol. The molecule has 0 aliphatic heterocycles. The molecule has 1 aromatic rings. The first kappa shape index (κ1) is 16.8. The van der Waals surface area contributed by atoms with Crippen LogP contribution in [0.4, 0.5) is 0 Å². The van der Waals surface area contributed by atoms with Crippen molar-refractivity contribution in [2.24, 2.45) is 0 Å². The van der Waals surface area contributed by atoms with Crippen molar-refractivity contribution in [3.05, 3.63) is 40.9 Å². The fourth-order valence-corrected chi connectivity index (χ4v) is 2.11. The van der Waals surface area contributed by atoms with Crippen LogP contribution in [-0.4, -0.2) is 23.9 Å². The summed E-state index contributed by atoms with van der Waals surface area (Å²) in [6.45, 7) is 5.95. The van der Waals surface area contributed by atoms with Gasteiger partial charge in [0.05, 0.1) is 0 Å². The van der Waals surface area contributed by atoms with Crippen molar-refractivity contribution in [3.63, 3.8) is 0 Å². The molecular weight excluding hydrogens is 270 g/mol. The van der Waals surface area contributed by atoms with Crippen LogP contribution >= 0.6 is 11.6 Å². The fraction of sp³-hybridized carbons (Fsp3) is 0.471. The van der Waals surface area contributed by atoms with Gasteiger partial charge in [0.15, 0.2) is 0 Å². The molecule has 0 fully saturated rings. The Morgan fingerprint density at radius 3 is 2.30 bits per heavy atom. The number of rotatable bonds is 8. The van der Waals surface area contributed by atoms with Crippen molar-refractivity contribution < 1.29 is 4.79 Å². The maximum Gasteiger partial charge on any atom is 0.246 e. The molecule has 0 heterocycles. The Labute approximate surface area is 127 Å². The van der Waals surface area contributed by atoms with Crippen molar-refractivity contribution in [2.75, 3.05) is 13.1 Å². The molecule has 0 aliphatic carbocycles. The van der Waals surface area contributed by atoms with Gasteiger partial charge in [0.1, 0.15) is 0 Å². The SMILES string of the molecule is CCCCN(CCCC)C(=O)C=Cc1ccccc1Cl. The van der Waals surface area contributed by atoms with Gasteiger partial charge < -0.3 is 4.90 Å². The third kappa shape index (κ3) is 5.79. The van der Waals surface area contributed by atoms with E-state index in [9.17, 15) is 4.79 Å². The first-order valence-electron chi connectivity index (χ1n) is 7.40. The Kier molecular flexibility index (Phi) is 8.05. The molecule has 20 heavy (non-hydrogen) atoms. The van der Waals surface area contributed by atoms with Crippen molar-refractivity contribution in [1.82, 2.24) is 4.90 Å². The lowest BCUT2D eigenvalue weighted by Crippen LogP contribution is -2.31. The fourth-order valence-electron chi connectivity index (χ4n) is 1.91. The van der Waals surface area contributed by atoms with E-state index < -0.39 is 0 Å². The molecule has 1 rings (SSSR count). The second-order valence-electron chi connectivity index (χ2n) is 4.89. The Hall–Kier alpha value is -1.28. The second kappa shape index (κ2) is 9.60. The van der Waals surface area contributed by atoms with E-state index in [4.69, 9.17) is 11.6 Å². The molecule has 0 unspecified atom stereocenters. The van der Waals surface area contributed by atoms with Crippen molar-refractivity contribution in [2.45, 2.75) is 39.5 Å². The van der Waals surface area contributed by atoms with Crippen LogP contribution in [0, 0.1) is 0 Å². The van der Waals surface area contributed by atoms with E-state index in [2.05, 4.69) is 13.8 Å². The number of benzene rings is 1. The summed E-state index contributed by atoms with van der Waals surface area (Å²) in [5, 5.41) is 0.671. The molecule has 0 aliphatic rings. The van der Waals surface area contributed by atoms with Gasteiger partial charge in [0, 0.05) is 24.2 Å². The van der Waals surface area contributed by atoms with Gasteiger partial charge >= 0.3 is 0 Å². The Balaban J connectivity index is 2.66. The minimum atomic E-state index is 0.0758. The smallest absolute Gasteiger partial charge is 0.246 e. The quantitative estimate of drug-likeness (QED) is 0.632. The summed E-state index contributed by atoms with van der Waals surface area (Å²) in [6, 6.07) is 7.55. The van der Waals surface area contributed by atoms with Crippen LogP contribution in [0.1, 0.15) is 45.1 Å². The Morgan fingerprint density at radius 1 is 1.15 bits per heavy atom. The van der Waals surface area contributed by atoms with E-state index in [1.807, 2.05) is 29.2 Å². The molecule has 0 bridgehead atoms. The van der Waals surface area contributed by atoms with Crippen molar-refractivity contribution >= 4 is 23.6 Å². The number of hydrogen-bond donors (Lipinski definition) is 0. The molecule has 0 saturated carbocycles. The zero-order valence-corrected chi connectivity index (χ0v) is 13.2. The van der Waals surface area contributed by atoms with E-state index in [-0.39, 0.29) is 5.91 Å². The van der Waals surface area contributed by atoms with Crippen LogP contribution in [0.2, 0.25) is 5.02 Å². The number of nitrogens with zero attached hydrogens (tertiary/aromatic N) is 1. The van der Waals surface area contributed by atoms with Gasteiger partial charge in [0.25, 0.3) is 0 Å². The minimum Gasteiger partial charge on any atom is -0.339 e. The van der Waals surface area contributed by atoms with E-state index in [0.717, 1.165) is 44.3 Å². The number of carbonyl (C=O) groups excluding carboxylic acids is 1.